The molecule has 3 aromatic rings. The molecular formula is C19H17N3O5. The normalized spacial score (nSPS) is 12.2. The second kappa shape index (κ2) is 6.99. The molecule has 2 aromatic carbocycles. The van der Waals surface area contributed by atoms with Gasteiger partial charge in [-0.3, -0.25) is 4.79 Å². The number of ether oxygens (including phenoxy) is 3. The summed E-state index contributed by atoms with van der Waals surface area (Å²) >= 11 is 0. The summed E-state index contributed by atoms with van der Waals surface area (Å²) < 4.78 is 17.1. The van der Waals surface area contributed by atoms with Crippen LogP contribution in [0.2, 0.25) is 0 Å². The SMILES string of the molecule is COc1ccc2c(c1)c(CCNC(=O)c1ccc3c(c1)OCO3)cn2N=O. The van der Waals surface area contributed by atoms with Crippen LogP contribution in [0.1, 0.15) is 15.9 Å². The number of hydrogen-bond donors (Lipinski definition) is 1. The lowest BCUT2D eigenvalue weighted by Gasteiger charge is -2.06. The number of amides is 1. The summed E-state index contributed by atoms with van der Waals surface area (Å²) in [5, 5.41) is 6.75. The van der Waals surface area contributed by atoms with Crippen LogP contribution in [0.25, 0.3) is 10.9 Å². The largest absolute Gasteiger partial charge is 0.497 e. The van der Waals surface area contributed by atoms with E-state index in [1.54, 1.807) is 43.6 Å². The highest BCUT2D eigenvalue weighted by atomic mass is 16.7. The second-order valence-electron chi connectivity index (χ2n) is 6.04. The van der Waals surface area contributed by atoms with E-state index in [0.717, 1.165) is 10.9 Å². The number of nitrogens with one attached hydrogen (secondary N) is 1. The van der Waals surface area contributed by atoms with E-state index in [1.165, 1.54) is 4.68 Å². The number of fused-ring (bicyclic) bond motifs is 2. The molecule has 1 N–H and O–H groups in total. The molecule has 1 aliphatic rings. The van der Waals surface area contributed by atoms with Crippen LogP contribution < -0.4 is 19.5 Å². The summed E-state index contributed by atoms with van der Waals surface area (Å²) in [7, 11) is 1.58. The fourth-order valence-corrected chi connectivity index (χ4v) is 3.10. The Bertz CT molecular complexity index is 1030. The molecule has 0 spiro atoms. The van der Waals surface area contributed by atoms with Crippen LogP contribution in [-0.4, -0.2) is 31.0 Å². The predicted octanol–water partition coefficient (Wildman–Crippen LogP) is 2.88. The van der Waals surface area contributed by atoms with Crippen molar-refractivity contribution in [1.82, 2.24) is 9.99 Å². The van der Waals surface area contributed by atoms with Gasteiger partial charge in [-0.05, 0) is 48.4 Å². The number of methoxy groups -OCH3 is 1. The van der Waals surface area contributed by atoms with Crippen molar-refractivity contribution in [2.75, 3.05) is 20.4 Å². The minimum atomic E-state index is -0.205. The number of hydrogen-bond acceptors (Lipinski definition) is 6. The van der Waals surface area contributed by atoms with E-state index < -0.39 is 0 Å². The van der Waals surface area contributed by atoms with Crippen LogP contribution in [0.15, 0.2) is 47.9 Å². The van der Waals surface area contributed by atoms with Gasteiger partial charge in [-0.15, -0.1) is 4.91 Å². The van der Waals surface area contributed by atoms with Gasteiger partial charge < -0.3 is 19.5 Å². The monoisotopic (exact) mass is 367 g/mol. The van der Waals surface area contributed by atoms with E-state index in [1.807, 2.05) is 6.07 Å². The number of benzene rings is 2. The highest BCUT2D eigenvalue weighted by Crippen LogP contribution is 2.32. The van der Waals surface area contributed by atoms with Gasteiger partial charge in [0.15, 0.2) is 11.5 Å². The Morgan fingerprint density at radius 3 is 2.89 bits per heavy atom. The molecule has 0 bridgehead atoms. The summed E-state index contributed by atoms with van der Waals surface area (Å²) in [4.78, 5) is 23.4. The lowest BCUT2D eigenvalue weighted by atomic mass is 10.1. The van der Waals surface area contributed by atoms with Gasteiger partial charge in [-0.1, -0.05) is 0 Å². The average Bonchev–Trinajstić information content (AvgIpc) is 3.31. The molecule has 0 saturated carbocycles. The molecule has 4 rings (SSSR count). The summed E-state index contributed by atoms with van der Waals surface area (Å²) in [6, 6.07) is 10.5. The smallest absolute Gasteiger partial charge is 0.251 e. The van der Waals surface area contributed by atoms with E-state index in [4.69, 9.17) is 14.2 Å². The van der Waals surface area contributed by atoms with E-state index in [-0.39, 0.29) is 12.7 Å². The third kappa shape index (κ3) is 3.17. The molecule has 8 heteroatoms. The summed E-state index contributed by atoms with van der Waals surface area (Å²) in [5.41, 5.74) is 2.09. The number of rotatable bonds is 6. The molecule has 0 unspecified atom stereocenters. The van der Waals surface area contributed by atoms with E-state index >= 15 is 0 Å². The molecule has 0 saturated heterocycles. The Kier molecular flexibility index (Phi) is 4.37. The van der Waals surface area contributed by atoms with Gasteiger partial charge in [0, 0.05) is 23.7 Å². The predicted molar refractivity (Wildman–Crippen MR) is 98.3 cm³/mol. The maximum atomic E-state index is 12.4. The van der Waals surface area contributed by atoms with Crippen LogP contribution in [0.3, 0.4) is 0 Å². The van der Waals surface area contributed by atoms with Crippen molar-refractivity contribution in [1.29, 1.82) is 0 Å². The molecule has 1 amide bonds. The van der Waals surface area contributed by atoms with Gasteiger partial charge in [0.2, 0.25) is 6.79 Å². The number of carbonyl (C=O) groups excluding carboxylic acids is 1. The summed E-state index contributed by atoms with van der Waals surface area (Å²) in [6.45, 7) is 0.571. The molecule has 0 atom stereocenters. The van der Waals surface area contributed by atoms with Crippen LogP contribution in [0, 0.1) is 4.91 Å². The van der Waals surface area contributed by atoms with Crippen LogP contribution in [0.4, 0.5) is 0 Å². The van der Waals surface area contributed by atoms with Gasteiger partial charge in [0.05, 0.1) is 17.9 Å². The van der Waals surface area contributed by atoms with Gasteiger partial charge >= 0.3 is 0 Å². The third-order valence-corrected chi connectivity index (χ3v) is 4.48. The van der Waals surface area contributed by atoms with Crippen LogP contribution in [-0.2, 0) is 6.42 Å². The number of carbonyl (C=O) groups is 1. The fourth-order valence-electron chi connectivity index (χ4n) is 3.10. The van der Waals surface area contributed by atoms with Crippen molar-refractivity contribution in [3.8, 4) is 17.2 Å². The maximum absolute atomic E-state index is 12.4. The zero-order chi connectivity index (χ0) is 18.8. The lowest BCUT2D eigenvalue weighted by Crippen LogP contribution is -2.25. The molecule has 2 heterocycles. The summed E-state index contributed by atoms with van der Waals surface area (Å²) in [6.07, 6.45) is 2.21. The molecular weight excluding hydrogens is 350 g/mol. The Balaban J connectivity index is 1.47. The van der Waals surface area contributed by atoms with Crippen molar-refractivity contribution in [3.05, 3.63) is 58.6 Å². The minimum Gasteiger partial charge on any atom is -0.497 e. The van der Waals surface area contributed by atoms with Crippen LogP contribution >= 0.6 is 0 Å². The van der Waals surface area contributed by atoms with Gasteiger partial charge in [0.25, 0.3) is 5.91 Å². The molecule has 1 aliphatic heterocycles. The molecule has 8 nitrogen and oxygen atoms in total. The van der Waals surface area contributed by atoms with Gasteiger partial charge in [-0.2, -0.15) is 0 Å². The van der Waals surface area contributed by atoms with Gasteiger partial charge in [0.1, 0.15) is 5.75 Å². The van der Waals surface area contributed by atoms with Crippen molar-refractivity contribution < 1.29 is 19.0 Å². The Morgan fingerprint density at radius 2 is 2.07 bits per heavy atom. The average molecular weight is 367 g/mol. The van der Waals surface area contributed by atoms with Crippen molar-refractivity contribution >= 4 is 16.8 Å². The zero-order valence-corrected chi connectivity index (χ0v) is 14.6. The number of nitrogens with zero attached hydrogens (tertiary/aromatic N) is 2. The van der Waals surface area contributed by atoms with Crippen LogP contribution in [0.5, 0.6) is 17.2 Å². The summed E-state index contributed by atoms with van der Waals surface area (Å²) in [5.74, 6) is 1.68. The number of nitroso groups, excluding NO2 is 1. The van der Waals surface area contributed by atoms with E-state index in [0.29, 0.717) is 41.3 Å². The maximum Gasteiger partial charge on any atom is 0.251 e. The Labute approximate surface area is 154 Å². The lowest BCUT2D eigenvalue weighted by molar-refractivity contribution is 0.0953. The van der Waals surface area contributed by atoms with E-state index in [2.05, 4.69) is 10.6 Å². The highest BCUT2D eigenvalue weighted by Gasteiger charge is 2.16. The van der Waals surface area contributed by atoms with Gasteiger partial charge in [-0.25, -0.2) is 4.68 Å². The first-order chi connectivity index (χ1) is 13.2. The molecule has 0 aliphatic carbocycles. The molecule has 0 radical (unpaired) electrons. The van der Waals surface area contributed by atoms with Crippen molar-refractivity contribution in [2.45, 2.75) is 6.42 Å². The van der Waals surface area contributed by atoms with Crippen molar-refractivity contribution in [3.63, 3.8) is 0 Å². The third-order valence-electron chi connectivity index (χ3n) is 4.48. The Morgan fingerprint density at radius 1 is 1.22 bits per heavy atom. The molecule has 0 fully saturated rings. The molecule has 27 heavy (non-hydrogen) atoms. The second-order valence-corrected chi connectivity index (χ2v) is 6.04. The number of aromatic nitrogens is 1. The topological polar surface area (TPSA) is 91.2 Å². The first-order valence-electron chi connectivity index (χ1n) is 8.39. The zero-order valence-electron chi connectivity index (χ0n) is 14.6. The minimum absolute atomic E-state index is 0.165. The first-order valence-corrected chi connectivity index (χ1v) is 8.39. The highest BCUT2D eigenvalue weighted by molar-refractivity contribution is 5.95. The van der Waals surface area contributed by atoms with Crippen molar-refractivity contribution in [2.24, 2.45) is 5.29 Å². The standard InChI is InChI=1S/C19H17N3O5/c1-25-14-3-4-16-15(9-14)13(10-22(16)21-24)6-7-20-19(23)12-2-5-17-18(8-12)27-11-26-17/h2-5,8-10H,6-7,11H2,1H3,(H,20,23). The first kappa shape index (κ1) is 16.9. The fraction of sp³-hybridized carbons (Fsp3) is 0.211. The molecule has 1 aromatic heterocycles. The molecule has 138 valence electrons. The van der Waals surface area contributed by atoms with E-state index in [9.17, 15) is 9.70 Å². The Hall–Kier alpha value is -3.55. The quantitative estimate of drug-likeness (QED) is 0.677.